The first-order valence-electron chi connectivity index (χ1n) is 4.80. The van der Waals surface area contributed by atoms with Crippen molar-refractivity contribution < 1.29 is 13.6 Å². The van der Waals surface area contributed by atoms with Gasteiger partial charge in [-0.2, -0.15) is 0 Å². The molecule has 0 unspecified atom stereocenters. The molecule has 1 aliphatic rings. The van der Waals surface area contributed by atoms with Gasteiger partial charge in [0, 0.05) is 11.1 Å². The largest absolute Gasteiger partial charge is 0.321 e. The fraction of sp³-hybridized carbons (Fsp3) is 0.364. The first-order chi connectivity index (χ1) is 7.07. The van der Waals surface area contributed by atoms with Gasteiger partial charge in [0.05, 0.1) is 0 Å². The molecule has 4 heteroatoms. The van der Waals surface area contributed by atoms with Crippen LogP contribution in [-0.4, -0.2) is 6.29 Å². The van der Waals surface area contributed by atoms with Gasteiger partial charge in [-0.05, 0) is 37.0 Å². The molecule has 0 atom stereocenters. The number of hydrogen-bond acceptors (Lipinski definition) is 2. The van der Waals surface area contributed by atoms with Crippen LogP contribution in [0, 0.1) is 11.6 Å². The van der Waals surface area contributed by atoms with Crippen molar-refractivity contribution in [3.8, 4) is 0 Å². The van der Waals surface area contributed by atoms with E-state index in [1.807, 2.05) is 0 Å². The Bertz CT molecular complexity index is 413. The first-order valence-corrected chi connectivity index (χ1v) is 4.80. The van der Waals surface area contributed by atoms with Crippen LogP contribution >= 0.6 is 0 Å². The Balaban J connectivity index is 2.54. The van der Waals surface area contributed by atoms with Gasteiger partial charge in [-0.25, -0.2) is 8.78 Å². The van der Waals surface area contributed by atoms with E-state index in [0.29, 0.717) is 24.7 Å². The summed E-state index contributed by atoms with van der Waals surface area (Å²) in [5.41, 5.74) is 5.89. The lowest BCUT2D eigenvalue weighted by Gasteiger charge is -2.39. The number of rotatable bonds is 2. The van der Waals surface area contributed by atoms with E-state index in [2.05, 4.69) is 0 Å². The fourth-order valence-corrected chi connectivity index (χ4v) is 1.92. The average molecular weight is 211 g/mol. The van der Waals surface area contributed by atoms with Crippen molar-refractivity contribution >= 4 is 6.29 Å². The van der Waals surface area contributed by atoms with Crippen LogP contribution in [0.2, 0.25) is 0 Å². The molecular weight excluding hydrogens is 200 g/mol. The van der Waals surface area contributed by atoms with Crippen molar-refractivity contribution in [2.24, 2.45) is 5.73 Å². The van der Waals surface area contributed by atoms with Gasteiger partial charge in [-0.1, -0.05) is 0 Å². The standard InChI is InChI=1S/C11H11F2NO/c12-9-4-7(6-15)8(5-10(9)13)11(14)2-1-3-11/h4-6H,1-3,14H2. The van der Waals surface area contributed by atoms with E-state index in [9.17, 15) is 13.6 Å². The highest BCUT2D eigenvalue weighted by atomic mass is 19.2. The molecule has 1 saturated carbocycles. The zero-order valence-corrected chi connectivity index (χ0v) is 8.09. The van der Waals surface area contributed by atoms with E-state index in [-0.39, 0.29) is 5.56 Å². The van der Waals surface area contributed by atoms with Crippen molar-refractivity contribution in [1.29, 1.82) is 0 Å². The number of halogens is 2. The van der Waals surface area contributed by atoms with Crippen LogP contribution in [0.1, 0.15) is 35.2 Å². The van der Waals surface area contributed by atoms with Crippen LogP contribution in [0.4, 0.5) is 8.78 Å². The molecule has 1 aliphatic carbocycles. The van der Waals surface area contributed by atoms with Crippen molar-refractivity contribution in [3.63, 3.8) is 0 Å². The summed E-state index contributed by atoms with van der Waals surface area (Å²) in [6.07, 6.45) is 2.89. The predicted octanol–water partition coefficient (Wildman–Crippen LogP) is 2.12. The van der Waals surface area contributed by atoms with Gasteiger partial charge in [0.25, 0.3) is 0 Å². The molecule has 0 aromatic heterocycles. The zero-order chi connectivity index (χ0) is 11.1. The van der Waals surface area contributed by atoms with E-state index in [1.165, 1.54) is 0 Å². The number of carbonyl (C=O) groups excluding carboxylic acids is 1. The Morgan fingerprint density at radius 1 is 1.27 bits per heavy atom. The lowest BCUT2D eigenvalue weighted by Crippen LogP contribution is -2.44. The van der Waals surface area contributed by atoms with Crippen LogP contribution < -0.4 is 5.73 Å². The monoisotopic (exact) mass is 211 g/mol. The van der Waals surface area contributed by atoms with Gasteiger partial charge < -0.3 is 5.73 Å². The van der Waals surface area contributed by atoms with Gasteiger partial charge in [0.2, 0.25) is 0 Å². The average Bonchev–Trinajstić information content (AvgIpc) is 2.18. The quantitative estimate of drug-likeness (QED) is 0.761. The van der Waals surface area contributed by atoms with Crippen molar-refractivity contribution in [1.82, 2.24) is 0 Å². The third kappa shape index (κ3) is 1.55. The van der Waals surface area contributed by atoms with Crippen molar-refractivity contribution in [2.45, 2.75) is 24.8 Å². The minimum atomic E-state index is -1.01. The minimum absolute atomic E-state index is 0.149. The fourth-order valence-electron chi connectivity index (χ4n) is 1.92. The SMILES string of the molecule is NC1(c2cc(F)c(F)cc2C=O)CCC1. The molecule has 1 fully saturated rings. The molecule has 1 aromatic carbocycles. The third-order valence-corrected chi connectivity index (χ3v) is 3.00. The summed E-state index contributed by atoms with van der Waals surface area (Å²) in [5, 5.41) is 0. The molecule has 0 amide bonds. The van der Waals surface area contributed by atoms with E-state index in [0.717, 1.165) is 18.6 Å². The van der Waals surface area contributed by atoms with Crippen LogP contribution in [-0.2, 0) is 5.54 Å². The Kier molecular flexibility index (Phi) is 2.31. The Morgan fingerprint density at radius 3 is 2.33 bits per heavy atom. The number of benzene rings is 1. The van der Waals surface area contributed by atoms with E-state index >= 15 is 0 Å². The molecule has 15 heavy (non-hydrogen) atoms. The van der Waals surface area contributed by atoms with Crippen LogP contribution in [0.15, 0.2) is 12.1 Å². The lowest BCUT2D eigenvalue weighted by atomic mass is 9.71. The molecule has 2 nitrogen and oxygen atoms in total. The molecule has 0 spiro atoms. The zero-order valence-electron chi connectivity index (χ0n) is 8.09. The predicted molar refractivity (Wildman–Crippen MR) is 51.5 cm³/mol. The maximum absolute atomic E-state index is 13.0. The van der Waals surface area contributed by atoms with Gasteiger partial charge in [-0.15, -0.1) is 0 Å². The maximum atomic E-state index is 13.0. The van der Waals surface area contributed by atoms with Crippen molar-refractivity contribution in [3.05, 3.63) is 34.9 Å². The van der Waals surface area contributed by atoms with Crippen LogP contribution in [0.5, 0.6) is 0 Å². The third-order valence-electron chi connectivity index (χ3n) is 3.00. The minimum Gasteiger partial charge on any atom is -0.321 e. The van der Waals surface area contributed by atoms with E-state index in [4.69, 9.17) is 5.73 Å². The molecule has 2 rings (SSSR count). The van der Waals surface area contributed by atoms with E-state index in [1.54, 1.807) is 0 Å². The summed E-state index contributed by atoms with van der Waals surface area (Å²) in [4.78, 5) is 10.7. The highest BCUT2D eigenvalue weighted by molar-refractivity contribution is 5.78. The molecule has 1 aromatic rings. The van der Waals surface area contributed by atoms with Gasteiger partial charge >= 0.3 is 0 Å². The highest BCUT2D eigenvalue weighted by Gasteiger charge is 2.36. The van der Waals surface area contributed by atoms with Crippen LogP contribution in [0.3, 0.4) is 0 Å². The summed E-state index contributed by atoms with van der Waals surface area (Å²) in [7, 11) is 0. The number of carbonyl (C=O) groups is 1. The summed E-state index contributed by atoms with van der Waals surface area (Å²) < 4.78 is 25.9. The first kappa shape index (κ1) is 10.2. The number of nitrogens with two attached hydrogens (primary N) is 1. The summed E-state index contributed by atoms with van der Waals surface area (Å²) in [6.45, 7) is 0. The second-order valence-corrected chi connectivity index (χ2v) is 3.98. The molecule has 80 valence electrons. The second-order valence-electron chi connectivity index (χ2n) is 3.98. The normalized spacial score (nSPS) is 18.3. The van der Waals surface area contributed by atoms with Gasteiger partial charge in [0.15, 0.2) is 17.9 Å². The summed E-state index contributed by atoms with van der Waals surface area (Å²) in [5.74, 6) is -1.96. The second kappa shape index (κ2) is 3.38. The molecule has 0 radical (unpaired) electrons. The Hall–Kier alpha value is -1.29. The van der Waals surface area contributed by atoms with E-state index < -0.39 is 17.2 Å². The Labute approximate surface area is 86.1 Å². The molecule has 0 saturated heterocycles. The van der Waals surface area contributed by atoms with Gasteiger partial charge in [0.1, 0.15) is 0 Å². The van der Waals surface area contributed by atoms with Crippen molar-refractivity contribution in [2.75, 3.05) is 0 Å². The summed E-state index contributed by atoms with van der Waals surface area (Å²) >= 11 is 0. The topological polar surface area (TPSA) is 43.1 Å². The lowest BCUT2D eigenvalue weighted by molar-refractivity contribution is 0.111. The number of aldehydes is 1. The molecule has 2 N–H and O–H groups in total. The molecular formula is C11H11F2NO. The molecule has 0 bridgehead atoms. The number of hydrogen-bond donors (Lipinski definition) is 1. The van der Waals surface area contributed by atoms with Gasteiger partial charge in [-0.3, -0.25) is 4.79 Å². The summed E-state index contributed by atoms with van der Waals surface area (Å²) in [6, 6.07) is 1.95. The highest BCUT2D eigenvalue weighted by Crippen LogP contribution is 2.40. The Morgan fingerprint density at radius 2 is 1.87 bits per heavy atom. The molecule has 0 heterocycles. The smallest absolute Gasteiger partial charge is 0.159 e. The van der Waals surface area contributed by atoms with Crippen LogP contribution in [0.25, 0.3) is 0 Å². The molecule has 0 aliphatic heterocycles. The maximum Gasteiger partial charge on any atom is 0.159 e.